The second-order valence-electron chi connectivity index (χ2n) is 4.01. The lowest BCUT2D eigenvalue weighted by Crippen LogP contribution is -2.14. The maximum atomic E-state index is 13.3. The van der Waals surface area contributed by atoms with Gasteiger partial charge >= 0.3 is 0 Å². The highest BCUT2D eigenvalue weighted by atomic mass is 19.1. The number of carbonyl (C=O) groups excluding carboxylic acids is 1. The van der Waals surface area contributed by atoms with Crippen molar-refractivity contribution >= 4 is 11.6 Å². The first-order valence-corrected chi connectivity index (χ1v) is 5.50. The minimum atomic E-state index is -0.888. The zero-order valence-electron chi connectivity index (χ0n) is 10.0. The molecule has 98 valence electrons. The molecule has 2 nitrogen and oxygen atoms in total. The summed E-state index contributed by atoms with van der Waals surface area (Å²) in [5, 5.41) is 2.09. The van der Waals surface area contributed by atoms with Crippen LogP contribution in [0.3, 0.4) is 0 Å². The Balaban J connectivity index is 2.28. The number of halogens is 3. The highest BCUT2D eigenvalue weighted by Gasteiger charge is 2.14. The Morgan fingerprint density at radius 1 is 1.00 bits per heavy atom. The lowest BCUT2D eigenvalue weighted by atomic mass is 10.1. The van der Waals surface area contributed by atoms with Crippen molar-refractivity contribution in [1.29, 1.82) is 0 Å². The number of hydrogen-bond acceptors (Lipinski definition) is 1. The Morgan fingerprint density at radius 2 is 1.63 bits per heavy atom. The van der Waals surface area contributed by atoms with Gasteiger partial charge in [-0.1, -0.05) is 12.1 Å². The van der Waals surface area contributed by atoms with Crippen molar-refractivity contribution in [2.75, 3.05) is 5.32 Å². The molecule has 1 N–H and O–H groups in total. The minimum absolute atomic E-state index is 0.00856. The van der Waals surface area contributed by atoms with E-state index >= 15 is 0 Å². The van der Waals surface area contributed by atoms with Gasteiger partial charge in [-0.3, -0.25) is 4.79 Å². The van der Waals surface area contributed by atoms with Gasteiger partial charge in [0.2, 0.25) is 0 Å². The SMILES string of the molecule is Cc1ccc(C(=O)Nc2c(F)cccc2F)cc1F. The van der Waals surface area contributed by atoms with E-state index in [1.807, 2.05) is 0 Å². The highest BCUT2D eigenvalue weighted by Crippen LogP contribution is 2.19. The molecule has 2 aromatic rings. The van der Waals surface area contributed by atoms with Crippen molar-refractivity contribution in [3.8, 4) is 0 Å². The molecule has 1 amide bonds. The average Bonchev–Trinajstić information content (AvgIpc) is 2.37. The third kappa shape index (κ3) is 2.76. The number of rotatable bonds is 2. The number of anilines is 1. The first kappa shape index (κ1) is 13.1. The summed E-state index contributed by atoms with van der Waals surface area (Å²) in [6.07, 6.45) is 0. The molecule has 0 aliphatic carbocycles. The molecule has 0 saturated heterocycles. The molecule has 0 atom stereocenters. The molecule has 0 spiro atoms. The topological polar surface area (TPSA) is 29.1 Å². The fourth-order valence-corrected chi connectivity index (χ4v) is 1.54. The van der Waals surface area contributed by atoms with E-state index in [-0.39, 0.29) is 5.56 Å². The van der Waals surface area contributed by atoms with Crippen LogP contribution in [0.1, 0.15) is 15.9 Å². The number of para-hydroxylation sites is 1. The summed E-state index contributed by atoms with van der Waals surface area (Å²) in [7, 11) is 0. The lowest BCUT2D eigenvalue weighted by Gasteiger charge is -2.08. The summed E-state index contributed by atoms with van der Waals surface area (Å²) in [6.45, 7) is 1.55. The van der Waals surface area contributed by atoms with E-state index in [0.29, 0.717) is 5.56 Å². The summed E-state index contributed by atoms with van der Waals surface area (Å²) in [5.74, 6) is -3.11. The van der Waals surface area contributed by atoms with Crippen molar-refractivity contribution < 1.29 is 18.0 Å². The van der Waals surface area contributed by atoms with Gasteiger partial charge in [-0.25, -0.2) is 13.2 Å². The van der Waals surface area contributed by atoms with Crippen molar-refractivity contribution in [2.24, 2.45) is 0 Å². The predicted molar refractivity (Wildman–Crippen MR) is 65.4 cm³/mol. The van der Waals surface area contributed by atoms with E-state index in [9.17, 15) is 18.0 Å². The summed E-state index contributed by atoms with van der Waals surface area (Å²) in [6, 6.07) is 7.05. The van der Waals surface area contributed by atoms with Crippen molar-refractivity contribution in [3.05, 3.63) is 65.0 Å². The molecule has 0 aliphatic heterocycles. The molecule has 5 heteroatoms. The second-order valence-corrected chi connectivity index (χ2v) is 4.01. The van der Waals surface area contributed by atoms with Gasteiger partial charge in [0.05, 0.1) is 0 Å². The maximum absolute atomic E-state index is 13.3. The van der Waals surface area contributed by atoms with E-state index in [1.165, 1.54) is 18.2 Å². The van der Waals surface area contributed by atoms with Crippen LogP contribution in [0.2, 0.25) is 0 Å². The number of benzene rings is 2. The van der Waals surface area contributed by atoms with Crippen molar-refractivity contribution in [3.63, 3.8) is 0 Å². The molecule has 0 unspecified atom stereocenters. The number of amides is 1. The van der Waals surface area contributed by atoms with Crippen LogP contribution in [0.4, 0.5) is 18.9 Å². The number of aryl methyl sites for hydroxylation is 1. The van der Waals surface area contributed by atoms with Gasteiger partial charge in [0.15, 0.2) is 0 Å². The molecular formula is C14H10F3NO. The second kappa shape index (κ2) is 5.14. The largest absolute Gasteiger partial charge is 0.317 e. The average molecular weight is 265 g/mol. The third-order valence-electron chi connectivity index (χ3n) is 2.64. The lowest BCUT2D eigenvalue weighted by molar-refractivity contribution is 0.102. The monoisotopic (exact) mass is 265 g/mol. The molecule has 2 aromatic carbocycles. The van der Waals surface area contributed by atoms with Gasteiger partial charge in [0.1, 0.15) is 23.1 Å². The van der Waals surface area contributed by atoms with Crippen molar-refractivity contribution in [2.45, 2.75) is 6.92 Å². The molecular weight excluding hydrogens is 255 g/mol. The van der Waals surface area contributed by atoms with Gasteiger partial charge in [-0.15, -0.1) is 0 Å². The van der Waals surface area contributed by atoms with E-state index in [1.54, 1.807) is 6.92 Å². The first-order valence-electron chi connectivity index (χ1n) is 5.50. The van der Waals surface area contributed by atoms with Gasteiger partial charge in [0, 0.05) is 5.56 Å². The van der Waals surface area contributed by atoms with Gasteiger partial charge in [-0.05, 0) is 36.8 Å². The fourth-order valence-electron chi connectivity index (χ4n) is 1.54. The van der Waals surface area contributed by atoms with Crippen LogP contribution in [-0.4, -0.2) is 5.91 Å². The Bertz CT molecular complexity index is 620. The zero-order valence-corrected chi connectivity index (χ0v) is 10.0. The molecule has 2 rings (SSSR count). The fraction of sp³-hybridized carbons (Fsp3) is 0.0714. The van der Waals surface area contributed by atoms with Crippen LogP contribution < -0.4 is 5.32 Å². The molecule has 0 aliphatic rings. The molecule has 0 heterocycles. The van der Waals surface area contributed by atoms with Gasteiger partial charge < -0.3 is 5.32 Å². The van der Waals surface area contributed by atoms with Gasteiger partial charge in [0.25, 0.3) is 5.91 Å². The summed E-state index contributed by atoms with van der Waals surface area (Å²) in [5.41, 5.74) is -0.173. The van der Waals surface area contributed by atoms with Crippen LogP contribution in [0, 0.1) is 24.4 Å². The van der Waals surface area contributed by atoms with Gasteiger partial charge in [-0.2, -0.15) is 0 Å². The van der Waals surface area contributed by atoms with Crippen LogP contribution in [0.5, 0.6) is 0 Å². The predicted octanol–water partition coefficient (Wildman–Crippen LogP) is 3.66. The van der Waals surface area contributed by atoms with Crippen LogP contribution in [-0.2, 0) is 0 Å². The molecule has 0 saturated carbocycles. The zero-order chi connectivity index (χ0) is 14.0. The number of nitrogens with one attached hydrogen (secondary N) is 1. The normalized spacial score (nSPS) is 10.3. The van der Waals surface area contributed by atoms with E-state index in [4.69, 9.17) is 0 Å². The van der Waals surface area contributed by atoms with E-state index in [0.717, 1.165) is 18.2 Å². The van der Waals surface area contributed by atoms with Crippen LogP contribution >= 0.6 is 0 Å². The Hall–Kier alpha value is -2.30. The Labute approximate surface area is 107 Å². The minimum Gasteiger partial charge on any atom is -0.317 e. The van der Waals surface area contributed by atoms with E-state index < -0.39 is 29.0 Å². The smallest absolute Gasteiger partial charge is 0.255 e. The highest BCUT2D eigenvalue weighted by molar-refractivity contribution is 6.04. The van der Waals surface area contributed by atoms with E-state index in [2.05, 4.69) is 5.32 Å². The summed E-state index contributed by atoms with van der Waals surface area (Å²) < 4.78 is 40.0. The quantitative estimate of drug-likeness (QED) is 0.882. The maximum Gasteiger partial charge on any atom is 0.255 e. The van der Waals surface area contributed by atoms with Crippen LogP contribution in [0.25, 0.3) is 0 Å². The Morgan fingerprint density at radius 3 is 2.21 bits per heavy atom. The first-order chi connectivity index (χ1) is 8.99. The molecule has 0 radical (unpaired) electrons. The summed E-state index contributed by atoms with van der Waals surface area (Å²) >= 11 is 0. The molecule has 0 bridgehead atoms. The summed E-state index contributed by atoms with van der Waals surface area (Å²) in [4.78, 5) is 11.8. The number of hydrogen-bond donors (Lipinski definition) is 1. The standard InChI is InChI=1S/C14H10F3NO/c1-8-5-6-9(7-12(8)17)14(19)18-13-10(15)3-2-4-11(13)16/h2-7H,1H3,(H,18,19). The molecule has 0 fully saturated rings. The third-order valence-corrected chi connectivity index (χ3v) is 2.64. The number of carbonyl (C=O) groups is 1. The Kier molecular flexibility index (Phi) is 3.55. The van der Waals surface area contributed by atoms with Crippen LogP contribution in [0.15, 0.2) is 36.4 Å². The molecule has 0 aromatic heterocycles. The van der Waals surface area contributed by atoms with Crippen molar-refractivity contribution in [1.82, 2.24) is 0 Å². The molecule has 19 heavy (non-hydrogen) atoms.